The maximum atomic E-state index is 13.1. The molecule has 0 spiro atoms. The van der Waals surface area contributed by atoms with E-state index in [1.54, 1.807) is 42.7 Å². The van der Waals surface area contributed by atoms with Crippen molar-refractivity contribution in [2.45, 2.75) is 39.5 Å². The Balaban J connectivity index is 1.79. The third-order valence-corrected chi connectivity index (χ3v) is 5.51. The summed E-state index contributed by atoms with van der Waals surface area (Å²) in [5, 5.41) is 11.2. The van der Waals surface area contributed by atoms with Crippen molar-refractivity contribution >= 4 is 17.4 Å². The average molecular weight is 443 g/mol. The van der Waals surface area contributed by atoms with Crippen LogP contribution in [0.5, 0.6) is 5.75 Å². The van der Waals surface area contributed by atoms with Crippen LogP contribution in [-0.4, -0.2) is 32.8 Å². The van der Waals surface area contributed by atoms with Gasteiger partial charge >= 0.3 is 0 Å². The minimum Gasteiger partial charge on any atom is -0.507 e. The minimum atomic E-state index is -0.711. The molecule has 0 bridgehead atoms. The van der Waals surface area contributed by atoms with Crippen LogP contribution >= 0.6 is 0 Å². The second-order valence-corrected chi connectivity index (χ2v) is 8.39. The number of aliphatic hydroxyl groups excluding tert-OH is 1. The van der Waals surface area contributed by atoms with Gasteiger partial charge in [0.1, 0.15) is 11.5 Å². The third-order valence-electron chi connectivity index (χ3n) is 5.51. The van der Waals surface area contributed by atoms with Gasteiger partial charge in [-0.3, -0.25) is 14.6 Å². The number of aryl methyl sites for hydroxylation is 1. The van der Waals surface area contributed by atoms with Crippen molar-refractivity contribution in [3.8, 4) is 5.75 Å². The second kappa shape index (κ2) is 9.28. The Morgan fingerprint density at radius 2 is 1.76 bits per heavy atom. The molecule has 0 aliphatic carbocycles. The first-order valence-corrected chi connectivity index (χ1v) is 10.9. The summed E-state index contributed by atoms with van der Waals surface area (Å²) in [5.74, 6) is -0.896. The van der Waals surface area contributed by atoms with Gasteiger partial charge in [0.25, 0.3) is 11.7 Å². The summed E-state index contributed by atoms with van der Waals surface area (Å²) in [4.78, 5) is 31.8. The highest BCUT2D eigenvalue weighted by Gasteiger charge is 2.46. The van der Waals surface area contributed by atoms with Crippen LogP contribution in [0.1, 0.15) is 42.1 Å². The number of ketones is 1. The lowest BCUT2D eigenvalue weighted by Gasteiger charge is -2.25. The Morgan fingerprint density at radius 3 is 2.36 bits per heavy atom. The van der Waals surface area contributed by atoms with Crippen LogP contribution in [-0.2, 0) is 16.1 Å². The summed E-state index contributed by atoms with van der Waals surface area (Å²) in [7, 11) is 0. The number of Topliss-reactive ketones (excluding diaryl/α,β-unsaturated/α-hetero) is 1. The number of amides is 1. The Hall–Kier alpha value is -3.93. The quantitative estimate of drug-likeness (QED) is 0.337. The zero-order chi connectivity index (χ0) is 23.5. The number of aromatic nitrogens is 1. The first-order chi connectivity index (χ1) is 15.8. The molecule has 1 aromatic heterocycles. The van der Waals surface area contributed by atoms with E-state index in [1.807, 2.05) is 51.1 Å². The molecule has 1 N–H and O–H groups in total. The summed E-state index contributed by atoms with van der Waals surface area (Å²) in [5.41, 5.74) is 3.13. The Morgan fingerprint density at radius 1 is 1.06 bits per heavy atom. The topological polar surface area (TPSA) is 79.7 Å². The van der Waals surface area contributed by atoms with Gasteiger partial charge in [0.15, 0.2) is 0 Å². The summed E-state index contributed by atoms with van der Waals surface area (Å²) < 4.78 is 5.66. The maximum Gasteiger partial charge on any atom is 0.295 e. The van der Waals surface area contributed by atoms with Crippen LogP contribution in [0.15, 0.2) is 78.6 Å². The number of rotatable bonds is 6. The average Bonchev–Trinajstić information content (AvgIpc) is 3.05. The number of hydrogen-bond acceptors (Lipinski definition) is 5. The van der Waals surface area contributed by atoms with Crippen LogP contribution in [0.3, 0.4) is 0 Å². The Labute approximate surface area is 193 Å². The van der Waals surface area contributed by atoms with Gasteiger partial charge in [-0.25, -0.2) is 0 Å². The van der Waals surface area contributed by atoms with Gasteiger partial charge in [-0.05, 0) is 62.2 Å². The molecule has 2 aromatic carbocycles. The lowest BCUT2D eigenvalue weighted by molar-refractivity contribution is -0.140. The van der Waals surface area contributed by atoms with Gasteiger partial charge < -0.3 is 14.7 Å². The molecule has 2 heterocycles. The van der Waals surface area contributed by atoms with Crippen molar-refractivity contribution in [1.82, 2.24) is 9.88 Å². The fraction of sp³-hybridized carbons (Fsp3) is 0.222. The number of pyridine rings is 1. The van der Waals surface area contributed by atoms with Gasteiger partial charge in [0, 0.05) is 24.5 Å². The molecule has 6 heteroatoms. The van der Waals surface area contributed by atoms with Gasteiger partial charge in [0.05, 0.1) is 17.7 Å². The number of nitrogens with zero attached hydrogens (tertiary/aromatic N) is 2. The largest absolute Gasteiger partial charge is 0.507 e. The van der Waals surface area contributed by atoms with Crippen molar-refractivity contribution in [2.75, 3.05) is 0 Å². The van der Waals surface area contributed by atoms with E-state index < -0.39 is 17.7 Å². The van der Waals surface area contributed by atoms with Crippen molar-refractivity contribution in [3.05, 3.63) is 101 Å². The van der Waals surface area contributed by atoms with E-state index in [2.05, 4.69) is 4.98 Å². The highest BCUT2D eigenvalue weighted by atomic mass is 16.5. The molecule has 1 saturated heterocycles. The van der Waals surface area contributed by atoms with E-state index in [9.17, 15) is 14.7 Å². The first kappa shape index (κ1) is 22.3. The molecular weight excluding hydrogens is 416 g/mol. The van der Waals surface area contributed by atoms with E-state index in [0.29, 0.717) is 11.3 Å². The van der Waals surface area contributed by atoms with Crippen LogP contribution < -0.4 is 4.74 Å². The third kappa shape index (κ3) is 4.65. The van der Waals surface area contributed by atoms with Gasteiger partial charge in [-0.15, -0.1) is 0 Å². The monoisotopic (exact) mass is 442 g/mol. The SMILES string of the molecule is Cc1ccc([C@H]2C(=C(O)c3ccc(OC(C)C)cc3)C(=O)C(=O)N2Cc2cccnc2)cc1. The predicted octanol–water partition coefficient (Wildman–Crippen LogP) is 4.80. The highest BCUT2D eigenvalue weighted by molar-refractivity contribution is 6.46. The molecule has 4 rings (SSSR count). The van der Waals surface area contributed by atoms with Crippen LogP contribution in [0.4, 0.5) is 0 Å². The maximum absolute atomic E-state index is 13.1. The number of likely N-dealkylation sites (tertiary alicyclic amines) is 1. The molecule has 1 amide bonds. The summed E-state index contributed by atoms with van der Waals surface area (Å²) in [6.07, 6.45) is 3.34. The molecule has 33 heavy (non-hydrogen) atoms. The van der Waals surface area contributed by atoms with Gasteiger partial charge in [-0.2, -0.15) is 0 Å². The number of hydrogen-bond donors (Lipinski definition) is 1. The molecule has 1 atom stereocenters. The normalized spacial score (nSPS) is 17.6. The van der Waals surface area contributed by atoms with Crippen molar-refractivity contribution in [3.63, 3.8) is 0 Å². The van der Waals surface area contributed by atoms with E-state index in [0.717, 1.165) is 16.7 Å². The van der Waals surface area contributed by atoms with E-state index in [4.69, 9.17) is 4.74 Å². The fourth-order valence-corrected chi connectivity index (χ4v) is 3.95. The lowest BCUT2D eigenvalue weighted by atomic mass is 9.94. The standard InChI is InChI=1S/C27H26N2O4/c1-17(2)33-22-12-10-21(11-13-22)25(30)23-24(20-8-6-18(3)7-9-20)29(27(32)26(23)31)16-19-5-4-14-28-15-19/h4-15,17,24,30H,16H2,1-3H3/t24-/m0/s1. The predicted molar refractivity (Wildman–Crippen MR) is 125 cm³/mol. The smallest absolute Gasteiger partial charge is 0.295 e. The number of carbonyl (C=O) groups is 2. The zero-order valence-corrected chi connectivity index (χ0v) is 18.9. The first-order valence-electron chi connectivity index (χ1n) is 10.9. The summed E-state index contributed by atoms with van der Waals surface area (Å²) in [6.45, 7) is 6.03. The molecule has 168 valence electrons. The molecule has 6 nitrogen and oxygen atoms in total. The van der Waals surface area contributed by atoms with E-state index in [-0.39, 0.29) is 24.0 Å². The second-order valence-electron chi connectivity index (χ2n) is 8.39. The number of aliphatic hydroxyl groups is 1. The highest BCUT2D eigenvalue weighted by Crippen LogP contribution is 2.40. The van der Waals surface area contributed by atoms with Crippen molar-refractivity contribution in [2.24, 2.45) is 0 Å². The molecule has 1 fully saturated rings. The molecular formula is C27H26N2O4. The summed E-state index contributed by atoms with van der Waals surface area (Å²) >= 11 is 0. The minimum absolute atomic E-state index is 0.0174. The van der Waals surface area contributed by atoms with Gasteiger partial charge in [0.2, 0.25) is 0 Å². The Bertz CT molecular complexity index is 1180. The molecule has 0 saturated carbocycles. The van der Waals surface area contributed by atoms with E-state index >= 15 is 0 Å². The fourth-order valence-electron chi connectivity index (χ4n) is 3.95. The zero-order valence-electron chi connectivity index (χ0n) is 18.9. The Kier molecular flexibility index (Phi) is 6.27. The summed E-state index contributed by atoms with van der Waals surface area (Å²) in [6, 6.07) is 17.4. The van der Waals surface area contributed by atoms with Crippen LogP contribution in [0, 0.1) is 6.92 Å². The lowest BCUT2D eigenvalue weighted by Crippen LogP contribution is -2.29. The van der Waals surface area contributed by atoms with Crippen molar-refractivity contribution < 1.29 is 19.4 Å². The molecule has 0 unspecified atom stereocenters. The number of carbonyl (C=O) groups excluding carboxylic acids is 2. The van der Waals surface area contributed by atoms with Gasteiger partial charge in [-0.1, -0.05) is 35.9 Å². The molecule has 0 radical (unpaired) electrons. The molecule has 3 aromatic rings. The molecule has 1 aliphatic heterocycles. The number of ether oxygens (including phenoxy) is 1. The van der Waals surface area contributed by atoms with Crippen molar-refractivity contribution in [1.29, 1.82) is 0 Å². The number of benzene rings is 2. The van der Waals surface area contributed by atoms with Crippen LogP contribution in [0.2, 0.25) is 0 Å². The molecule has 1 aliphatic rings. The van der Waals surface area contributed by atoms with Crippen LogP contribution in [0.25, 0.3) is 5.76 Å². The van der Waals surface area contributed by atoms with E-state index in [1.165, 1.54) is 4.90 Å².